The third-order valence-electron chi connectivity index (χ3n) is 6.03. The predicted octanol–water partition coefficient (Wildman–Crippen LogP) is 2.46. The van der Waals surface area contributed by atoms with E-state index in [4.69, 9.17) is 0 Å². The number of hydrogen-bond acceptors (Lipinski definition) is 4. The van der Waals surface area contributed by atoms with E-state index in [2.05, 4.69) is 15.5 Å². The molecule has 0 spiro atoms. The van der Waals surface area contributed by atoms with Crippen LogP contribution >= 0.6 is 0 Å². The molecule has 7 nitrogen and oxygen atoms in total. The summed E-state index contributed by atoms with van der Waals surface area (Å²) in [5.41, 5.74) is 1.01. The van der Waals surface area contributed by atoms with E-state index in [-0.39, 0.29) is 29.5 Å². The minimum absolute atomic E-state index is 0.0823. The number of unbranched alkanes of at least 4 members (excludes halogenated alkanes) is 1. The number of H-pyrrole nitrogens is 1. The topological polar surface area (TPSA) is 95.2 Å². The normalized spacial score (nSPS) is 29.0. The number of aromatic amines is 1. The molecule has 2 saturated heterocycles. The highest BCUT2D eigenvalue weighted by molar-refractivity contribution is 7.89. The Balaban J connectivity index is 1.46. The van der Waals surface area contributed by atoms with Gasteiger partial charge in [0.2, 0.25) is 15.9 Å². The Labute approximate surface area is 155 Å². The van der Waals surface area contributed by atoms with E-state index in [1.54, 1.807) is 4.31 Å². The lowest BCUT2D eigenvalue weighted by Gasteiger charge is -2.48. The SMILES string of the molecule is CCCCS(=O)(=O)N1CC2CCC1C(C(=O)Nc1cc(C3CC3)n[nH]1)C2. The number of rotatable bonds is 7. The van der Waals surface area contributed by atoms with Crippen molar-refractivity contribution in [3.8, 4) is 0 Å². The lowest BCUT2D eigenvalue weighted by Crippen LogP contribution is -2.58. The second-order valence-electron chi connectivity index (χ2n) is 8.06. The van der Waals surface area contributed by atoms with Crippen molar-refractivity contribution < 1.29 is 13.2 Å². The predicted molar refractivity (Wildman–Crippen MR) is 99.2 cm³/mol. The van der Waals surface area contributed by atoms with Crippen molar-refractivity contribution in [1.82, 2.24) is 14.5 Å². The summed E-state index contributed by atoms with van der Waals surface area (Å²) in [4.78, 5) is 12.9. The van der Waals surface area contributed by atoms with Gasteiger partial charge in [0.25, 0.3) is 0 Å². The maximum atomic E-state index is 12.9. The second-order valence-corrected chi connectivity index (χ2v) is 10.1. The van der Waals surface area contributed by atoms with Crippen molar-refractivity contribution in [3.63, 3.8) is 0 Å². The first-order chi connectivity index (χ1) is 12.5. The summed E-state index contributed by atoms with van der Waals surface area (Å²) in [6.07, 6.45) is 6.43. The van der Waals surface area contributed by atoms with Crippen LogP contribution in [0.4, 0.5) is 5.82 Å². The highest BCUT2D eigenvalue weighted by Crippen LogP contribution is 2.42. The first kappa shape index (κ1) is 18.0. The van der Waals surface area contributed by atoms with Crippen LogP contribution in [0.25, 0.3) is 0 Å². The molecule has 2 aliphatic carbocycles. The van der Waals surface area contributed by atoms with Gasteiger partial charge < -0.3 is 5.32 Å². The second kappa shape index (κ2) is 6.96. The molecule has 3 heterocycles. The minimum atomic E-state index is -3.28. The van der Waals surface area contributed by atoms with Gasteiger partial charge in [-0.25, -0.2) is 8.42 Å². The van der Waals surface area contributed by atoms with Crippen LogP contribution in [-0.2, 0) is 14.8 Å². The van der Waals surface area contributed by atoms with E-state index in [0.29, 0.717) is 24.7 Å². The summed E-state index contributed by atoms with van der Waals surface area (Å²) in [5, 5.41) is 10.1. The summed E-state index contributed by atoms with van der Waals surface area (Å²) in [7, 11) is -3.28. The monoisotopic (exact) mass is 380 g/mol. The Morgan fingerprint density at radius 2 is 2.15 bits per heavy atom. The molecule has 1 aromatic rings. The maximum absolute atomic E-state index is 12.9. The number of anilines is 1. The van der Waals surface area contributed by atoms with Gasteiger partial charge in [-0.05, 0) is 44.4 Å². The average Bonchev–Trinajstić information content (AvgIpc) is 3.40. The molecule has 3 unspecified atom stereocenters. The third-order valence-corrected chi connectivity index (χ3v) is 7.97. The molecule has 2 aliphatic heterocycles. The fourth-order valence-electron chi connectivity index (χ4n) is 4.40. The molecule has 144 valence electrons. The van der Waals surface area contributed by atoms with Crippen molar-refractivity contribution in [3.05, 3.63) is 11.8 Å². The lowest BCUT2D eigenvalue weighted by molar-refractivity contribution is -0.125. The molecular weight excluding hydrogens is 352 g/mol. The van der Waals surface area contributed by atoms with Gasteiger partial charge in [-0.1, -0.05) is 13.3 Å². The number of carbonyl (C=O) groups is 1. The molecule has 4 aliphatic rings. The number of sulfonamides is 1. The van der Waals surface area contributed by atoms with Crippen LogP contribution in [0.3, 0.4) is 0 Å². The highest BCUT2D eigenvalue weighted by atomic mass is 32.2. The number of aromatic nitrogens is 2. The number of nitrogens with zero attached hydrogens (tertiary/aromatic N) is 2. The first-order valence-electron chi connectivity index (χ1n) is 9.83. The van der Waals surface area contributed by atoms with Gasteiger partial charge in [-0.2, -0.15) is 9.40 Å². The van der Waals surface area contributed by atoms with Gasteiger partial charge in [-0.3, -0.25) is 9.89 Å². The van der Waals surface area contributed by atoms with Crippen LogP contribution in [0.2, 0.25) is 0 Å². The zero-order valence-corrected chi connectivity index (χ0v) is 16.1. The highest BCUT2D eigenvalue weighted by Gasteiger charge is 2.48. The Bertz CT molecular complexity index is 771. The van der Waals surface area contributed by atoms with E-state index in [1.807, 2.05) is 13.0 Å². The first-order valence-corrected chi connectivity index (χ1v) is 11.4. The fraction of sp³-hybridized carbons (Fsp3) is 0.778. The van der Waals surface area contributed by atoms with Crippen molar-refractivity contribution >= 4 is 21.7 Å². The van der Waals surface area contributed by atoms with Crippen LogP contribution in [0.15, 0.2) is 6.07 Å². The van der Waals surface area contributed by atoms with E-state index < -0.39 is 10.0 Å². The number of carbonyl (C=O) groups excluding carboxylic acids is 1. The number of nitrogens with one attached hydrogen (secondary N) is 2. The Kier molecular flexibility index (Phi) is 4.81. The lowest BCUT2D eigenvalue weighted by atomic mass is 9.73. The van der Waals surface area contributed by atoms with E-state index >= 15 is 0 Å². The average molecular weight is 381 g/mol. The third kappa shape index (κ3) is 3.53. The minimum Gasteiger partial charge on any atom is -0.311 e. The summed E-state index contributed by atoms with van der Waals surface area (Å²) >= 11 is 0. The summed E-state index contributed by atoms with van der Waals surface area (Å²) in [6.45, 7) is 2.57. The van der Waals surface area contributed by atoms with Gasteiger partial charge in [0.1, 0.15) is 5.82 Å². The molecule has 2 saturated carbocycles. The quantitative estimate of drug-likeness (QED) is 0.759. The largest absolute Gasteiger partial charge is 0.311 e. The molecule has 3 atom stereocenters. The molecule has 0 radical (unpaired) electrons. The van der Waals surface area contributed by atoms with Crippen LogP contribution < -0.4 is 5.32 Å². The number of piperidine rings is 2. The van der Waals surface area contributed by atoms with Crippen molar-refractivity contribution in [1.29, 1.82) is 0 Å². The summed E-state index contributed by atoms with van der Waals surface area (Å²) < 4.78 is 27.1. The number of fused-ring (bicyclic) bond motifs is 3. The molecule has 1 aromatic heterocycles. The Morgan fingerprint density at radius 1 is 1.35 bits per heavy atom. The molecule has 8 heteroatoms. The van der Waals surface area contributed by atoms with Crippen LogP contribution in [-0.4, -0.2) is 47.2 Å². The Morgan fingerprint density at radius 3 is 2.85 bits per heavy atom. The van der Waals surface area contributed by atoms with E-state index in [0.717, 1.165) is 44.2 Å². The zero-order chi connectivity index (χ0) is 18.3. The number of amides is 1. The zero-order valence-electron chi connectivity index (χ0n) is 15.3. The molecule has 26 heavy (non-hydrogen) atoms. The number of hydrogen-bond donors (Lipinski definition) is 2. The van der Waals surface area contributed by atoms with Gasteiger partial charge in [0.05, 0.1) is 17.4 Å². The standard InChI is InChI=1S/C18H28N4O3S/c1-2-3-8-26(24,25)22-11-12-4-7-16(22)14(9-12)18(23)19-17-10-15(20-21-17)13-5-6-13/h10,12-14,16H,2-9,11H2,1H3,(H2,19,20,21,23). The van der Waals surface area contributed by atoms with Crippen LogP contribution in [0.5, 0.6) is 0 Å². The summed E-state index contributed by atoms with van der Waals surface area (Å²) in [5.74, 6) is 1.27. The smallest absolute Gasteiger partial charge is 0.230 e. The maximum Gasteiger partial charge on any atom is 0.230 e. The molecular formula is C18H28N4O3S. The Hall–Kier alpha value is -1.41. The molecule has 5 rings (SSSR count). The van der Waals surface area contributed by atoms with Crippen molar-refractivity contribution in [2.24, 2.45) is 11.8 Å². The van der Waals surface area contributed by atoms with Crippen molar-refractivity contribution in [2.75, 3.05) is 17.6 Å². The summed E-state index contributed by atoms with van der Waals surface area (Å²) in [6, 6.07) is 1.71. The van der Waals surface area contributed by atoms with Gasteiger partial charge in [0.15, 0.2) is 0 Å². The molecule has 0 aromatic carbocycles. The molecule has 2 bridgehead atoms. The fourth-order valence-corrected chi connectivity index (χ4v) is 6.39. The van der Waals surface area contributed by atoms with Gasteiger partial charge >= 0.3 is 0 Å². The van der Waals surface area contributed by atoms with Crippen LogP contribution in [0, 0.1) is 11.8 Å². The molecule has 4 fully saturated rings. The van der Waals surface area contributed by atoms with Gasteiger partial charge in [0, 0.05) is 24.6 Å². The van der Waals surface area contributed by atoms with Crippen LogP contribution in [0.1, 0.15) is 63.5 Å². The van der Waals surface area contributed by atoms with Gasteiger partial charge in [-0.15, -0.1) is 0 Å². The van der Waals surface area contributed by atoms with E-state index in [1.165, 1.54) is 0 Å². The molecule has 2 N–H and O–H groups in total. The van der Waals surface area contributed by atoms with E-state index in [9.17, 15) is 13.2 Å². The van der Waals surface area contributed by atoms with Crippen molar-refractivity contribution in [2.45, 2.75) is 63.8 Å². The molecule has 1 amide bonds.